The molecule has 0 aliphatic carbocycles. The quantitative estimate of drug-likeness (QED) is 0.0665. The normalized spacial score (nSPS) is 13.5. The average molecular weight is 590 g/mol. The minimum atomic E-state index is -1.32. The first-order valence-corrected chi connectivity index (χ1v) is 18.9. The van der Waals surface area contributed by atoms with Crippen LogP contribution in [0.4, 0.5) is 0 Å². The highest BCUT2D eigenvalue weighted by Gasteiger charge is 2.36. The zero-order chi connectivity index (χ0) is 29.7. The Morgan fingerprint density at radius 2 is 1.37 bits per heavy atom. The number of benzene rings is 3. The number of thioether (sulfide) groups is 1. The largest absolute Gasteiger partial charge is 0.466 e. The van der Waals surface area contributed by atoms with Crippen molar-refractivity contribution in [3.8, 4) is 0 Å². The first-order valence-electron chi connectivity index (χ1n) is 14.2. The number of esters is 2. The monoisotopic (exact) mass is 589 g/mol. The molecule has 41 heavy (non-hydrogen) atoms. The summed E-state index contributed by atoms with van der Waals surface area (Å²) in [5.41, 5.74) is 9.33. The minimum Gasteiger partial charge on any atom is -0.466 e. The highest BCUT2D eigenvalue weighted by atomic mass is 32.2. The van der Waals surface area contributed by atoms with E-state index < -0.39 is 30.9 Å². The van der Waals surface area contributed by atoms with Gasteiger partial charge in [-0.15, -0.1) is 11.8 Å². The molecule has 5 nitrogen and oxygen atoms in total. The maximum absolute atomic E-state index is 12.5. The van der Waals surface area contributed by atoms with Gasteiger partial charge in [-0.2, -0.15) is 0 Å². The second-order valence-corrected chi connectivity index (χ2v) is 18.3. The van der Waals surface area contributed by atoms with Gasteiger partial charge in [-0.25, -0.2) is 0 Å². The Kier molecular flexibility index (Phi) is 12.4. The van der Waals surface area contributed by atoms with Crippen molar-refractivity contribution in [2.45, 2.75) is 62.3 Å². The third-order valence-corrected chi connectivity index (χ3v) is 9.90. The molecule has 2 N–H and O–H groups in total. The zero-order valence-corrected chi connectivity index (χ0v) is 26.4. The fourth-order valence-corrected chi connectivity index (χ4v) is 6.58. The van der Waals surface area contributed by atoms with E-state index in [1.54, 1.807) is 13.0 Å². The van der Waals surface area contributed by atoms with Gasteiger partial charge in [0.2, 0.25) is 0 Å². The SMILES string of the molecule is C[C@H](N)C(=O)O[C@H](/C=C/CCSC(c1ccccc1)(c1ccccc1)c1ccccc1)CC(=O)OCC[Si](C)(C)C. The van der Waals surface area contributed by atoms with Crippen LogP contribution in [0.5, 0.6) is 0 Å². The van der Waals surface area contributed by atoms with E-state index >= 15 is 0 Å². The third kappa shape index (κ3) is 10.0. The summed E-state index contributed by atoms with van der Waals surface area (Å²) in [5, 5.41) is 0. The van der Waals surface area contributed by atoms with Crippen LogP contribution in [0, 0.1) is 0 Å². The molecule has 0 radical (unpaired) electrons. The van der Waals surface area contributed by atoms with Gasteiger partial charge in [-0.3, -0.25) is 9.59 Å². The highest BCUT2D eigenvalue weighted by molar-refractivity contribution is 8.00. The molecule has 2 atom stereocenters. The van der Waals surface area contributed by atoms with E-state index in [9.17, 15) is 9.59 Å². The molecule has 0 saturated heterocycles. The number of rotatable bonds is 15. The van der Waals surface area contributed by atoms with Crippen LogP contribution in [0.3, 0.4) is 0 Å². The number of carbonyl (C=O) groups is 2. The van der Waals surface area contributed by atoms with Crippen molar-refractivity contribution in [1.82, 2.24) is 0 Å². The number of hydrogen-bond acceptors (Lipinski definition) is 6. The van der Waals surface area contributed by atoms with E-state index in [-0.39, 0.29) is 12.4 Å². The van der Waals surface area contributed by atoms with E-state index in [1.807, 2.05) is 36.0 Å². The predicted molar refractivity (Wildman–Crippen MR) is 173 cm³/mol. The number of allylic oxidation sites excluding steroid dienone is 1. The average Bonchev–Trinajstić information content (AvgIpc) is 2.95. The molecule has 0 fully saturated rings. The van der Waals surface area contributed by atoms with Crippen molar-refractivity contribution in [1.29, 1.82) is 0 Å². The summed E-state index contributed by atoms with van der Waals surface area (Å²) in [6.07, 6.45) is 3.73. The van der Waals surface area contributed by atoms with E-state index in [0.717, 1.165) is 18.2 Å². The van der Waals surface area contributed by atoms with E-state index in [1.165, 1.54) is 16.7 Å². The summed E-state index contributed by atoms with van der Waals surface area (Å²) in [6, 6.07) is 31.8. The van der Waals surface area contributed by atoms with Gasteiger partial charge in [-0.1, -0.05) is 117 Å². The predicted octanol–water partition coefficient (Wildman–Crippen LogP) is 7.19. The van der Waals surface area contributed by atoms with Crippen LogP contribution in [0.1, 0.15) is 36.5 Å². The first-order chi connectivity index (χ1) is 19.6. The molecule has 3 aromatic carbocycles. The van der Waals surface area contributed by atoms with E-state index in [4.69, 9.17) is 15.2 Å². The minimum absolute atomic E-state index is 0.0320. The summed E-state index contributed by atoms with van der Waals surface area (Å²) in [7, 11) is -1.32. The number of hydrogen-bond donors (Lipinski definition) is 1. The van der Waals surface area contributed by atoms with Gasteiger partial charge in [0.15, 0.2) is 0 Å². The molecule has 3 aromatic rings. The molecule has 218 valence electrons. The van der Waals surface area contributed by atoms with Gasteiger partial charge < -0.3 is 15.2 Å². The zero-order valence-electron chi connectivity index (χ0n) is 24.6. The molecule has 7 heteroatoms. The molecule has 0 saturated carbocycles. The Morgan fingerprint density at radius 3 is 1.80 bits per heavy atom. The van der Waals surface area contributed by atoms with Gasteiger partial charge >= 0.3 is 11.9 Å². The molecular weight excluding hydrogens is 547 g/mol. The number of ether oxygens (including phenoxy) is 2. The van der Waals surface area contributed by atoms with Crippen molar-refractivity contribution in [3.05, 3.63) is 120 Å². The van der Waals surface area contributed by atoms with Gasteiger partial charge in [0.25, 0.3) is 0 Å². The standard InChI is InChI=1S/C34H43NO4SSi/c1-27(35)33(37)39-31(26-32(36)38-23-25-41(2,3)4)22-14-15-24-40-34(28-16-8-5-9-17-28,29-18-10-6-11-19-29)30-20-12-7-13-21-30/h5-14,16-22,27,31H,15,23-26,35H2,1-4H3/b22-14+/t27-,31+/m0/s1. The van der Waals surface area contributed by atoms with Crippen molar-refractivity contribution in [2.75, 3.05) is 12.4 Å². The Bertz CT molecular complexity index is 1150. The molecule has 0 spiro atoms. The van der Waals surface area contributed by atoms with Crippen molar-refractivity contribution in [3.63, 3.8) is 0 Å². The van der Waals surface area contributed by atoms with Crippen LogP contribution in [0.25, 0.3) is 0 Å². The Labute approximate surface area is 250 Å². The van der Waals surface area contributed by atoms with Crippen molar-refractivity contribution >= 4 is 31.8 Å². The molecule has 0 unspecified atom stereocenters. The van der Waals surface area contributed by atoms with Gasteiger partial charge in [0, 0.05) is 8.07 Å². The Balaban J connectivity index is 1.77. The molecular formula is C34H43NO4SSi. The second kappa shape index (κ2) is 15.8. The molecule has 0 aliphatic rings. The Hall–Kier alpha value is -3.13. The van der Waals surface area contributed by atoms with Crippen molar-refractivity contribution in [2.24, 2.45) is 5.73 Å². The second-order valence-electron chi connectivity index (χ2n) is 11.3. The molecule has 0 bridgehead atoms. The van der Waals surface area contributed by atoms with Crippen LogP contribution >= 0.6 is 11.8 Å². The van der Waals surface area contributed by atoms with Gasteiger partial charge in [-0.05, 0) is 47.9 Å². The summed E-state index contributed by atoms with van der Waals surface area (Å²) in [4.78, 5) is 24.8. The lowest BCUT2D eigenvalue weighted by molar-refractivity contribution is -0.153. The van der Waals surface area contributed by atoms with Gasteiger partial charge in [0.1, 0.15) is 12.1 Å². The fourth-order valence-electron chi connectivity index (χ4n) is 4.40. The Morgan fingerprint density at radius 1 is 0.878 bits per heavy atom. The maximum atomic E-state index is 12.5. The van der Waals surface area contributed by atoms with Gasteiger partial charge in [0.05, 0.1) is 17.8 Å². The van der Waals surface area contributed by atoms with Crippen molar-refractivity contribution < 1.29 is 19.1 Å². The topological polar surface area (TPSA) is 78.6 Å². The fraction of sp³-hybridized carbons (Fsp3) is 0.353. The highest BCUT2D eigenvalue weighted by Crippen LogP contribution is 2.48. The third-order valence-electron chi connectivity index (χ3n) is 6.62. The van der Waals surface area contributed by atoms with Crippen LogP contribution < -0.4 is 5.73 Å². The van der Waals surface area contributed by atoms with Crippen LogP contribution in [-0.2, 0) is 23.8 Å². The van der Waals surface area contributed by atoms with Crippen LogP contribution in [0.15, 0.2) is 103 Å². The maximum Gasteiger partial charge on any atom is 0.323 e. The lowest BCUT2D eigenvalue weighted by Gasteiger charge is -2.35. The van der Waals surface area contributed by atoms with Crippen LogP contribution in [-0.4, -0.2) is 44.5 Å². The molecule has 0 aromatic heterocycles. The number of carbonyl (C=O) groups excluding carboxylic acids is 2. The smallest absolute Gasteiger partial charge is 0.323 e. The molecule has 3 rings (SSSR count). The molecule has 0 aliphatic heterocycles. The van der Waals surface area contributed by atoms with Crippen LogP contribution in [0.2, 0.25) is 25.7 Å². The lowest BCUT2D eigenvalue weighted by Crippen LogP contribution is -2.33. The lowest BCUT2D eigenvalue weighted by atomic mass is 9.84. The molecule has 0 amide bonds. The van der Waals surface area contributed by atoms with E-state index in [0.29, 0.717) is 6.61 Å². The molecule has 0 heterocycles. The first kappa shape index (κ1) is 32.4. The number of nitrogens with two attached hydrogens (primary N) is 1. The summed E-state index contributed by atoms with van der Waals surface area (Å²) < 4.78 is 10.6. The summed E-state index contributed by atoms with van der Waals surface area (Å²) in [6.45, 7) is 8.66. The van der Waals surface area contributed by atoms with E-state index in [2.05, 4.69) is 92.4 Å². The summed E-state index contributed by atoms with van der Waals surface area (Å²) >= 11 is 1.86. The summed E-state index contributed by atoms with van der Waals surface area (Å²) in [5.74, 6) is -0.120.